The molecule has 17 heteroatoms. The highest BCUT2D eigenvalue weighted by atomic mass is 16.3. The van der Waals surface area contributed by atoms with Gasteiger partial charge in [0, 0.05) is 60.8 Å². The molecule has 0 unspecified atom stereocenters. The molecule has 4 rings (SSSR count). The van der Waals surface area contributed by atoms with Crippen LogP contribution >= 0.6 is 0 Å². The summed E-state index contributed by atoms with van der Waals surface area (Å²) >= 11 is 0. The van der Waals surface area contributed by atoms with Gasteiger partial charge in [-0.1, -0.05) is 0 Å². The van der Waals surface area contributed by atoms with Crippen LogP contribution in [0.3, 0.4) is 0 Å². The summed E-state index contributed by atoms with van der Waals surface area (Å²) in [5, 5.41) is 39.6. The van der Waals surface area contributed by atoms with E-state index in [1.807, 2.05) is 12.1 Å². The third-order valence-electron chi connectivity index (χ3n) is 6.28. The molecule has 8 N–H and O–H groups in total. The molecule has 2 amide bonds. The molecule has 0 aliphatic carbocycles. The largest absolute Gasteiger partial charge is 0.507 e. The van der Waals surface area contributed by atoms with Crippen molar-refractivity contribution in [2.24, 2.45) is 10.2 Å². The topological polar surface area (TPSA) is 244 Å². The Morgan fingerprint density at radius 3 is 1.40 bits per heavy atom. The monoisotopic (exact) mass is 622 g/mol. The smallest absolute Gasteiger partial charge is 0.308 e. The van der Waals surface area contributed by atoms with Crippen molar-refractivity contribution >= 4 is 35.6 Å². The van der Waals surface area contributed by atoms with Gasteiger partial charge in [0.05, 0.1) is 12.4 Å². The number of hydrogen-bond donors (Lipinski definition) is 6. The summed E-state index contributed by atoms with van der Waals surface area (Å²) in [6, 6.07) is 10.6. The molecule has 45 heavy (non-hydrogen) atoms. The number of amides is 2. The number of phenols is 2. The second-order valence-electron chi connectivity index (χ2n) is 8.90. The number of aromatic hydroxyl groups is 2. The number of hydrazone groups is 2. The minimum absolute atomic E-state index is 0. The fraction of sp³-hybridized carbons (Fsp3) is 0.286. The number of carbonyl (C=O) groups excluding carboxylic acids is 2. The zero-order valence-corrected chi connectivity index (χ0v) is 25.4. The van der Waals surface area contributed by atoms with E-state index in [9.17, 15) is 19.8 Å². The van der Waals surface area contributed by atoms with Crippen LogP contribution in [-0.2, 0) is 0 Å². The summed E-state index contributed by atoms with van der Waals surface area (Å²) in [4.78, 5) is 34.8. The Kier molecular flexibility index (Phi) is 14.1. The molecule has 0 radical (unpaired) electrons. The first kappa shape index (κ1) is 35.4. The van der Waals surface area contributed by atoms with E-state index in [1.54, 1.807) is 24.3 Å². The van der Waals surface area contributed by atoms with Crippen molar-refractivity contribution in [1.82, 2.24) is 41.2 Å². The Labute approximate surface area is 259 Å². The molecule has 0 aliphatic heterocycles. The maximum Gasteiger partial charge on any atom is 0.308 e. The fourth-order valence-corrected chi connectivity index (χ4v) is 3.91. The Bertz CT molecular complexity index is 1420. The van der Waals surface area contributed by atoms with Crippen LogP contribution in [0.1, 0.15) is 60.1 Å². The van der Waals surface area contributed by atoms with Gasteiger partial charge < -0.3 is 25.5 Å². The number of rotatable bonds is 12. The molecular formula is C28H38N12O5. The van der Waals surface area contributed by atoms with E-state index >= 15 is 0 Å². The molecule has 2 aromatic heterocycles. The normalized spacial score (nSPS) is 10.6. The molecule has 0 fully saturated rings. The van der Waals surface area contributed by atoms with Crippen molar-refractivity contribution in [2.75, 3.05) is 36.0 Å². The van der Waals surface area contributed by atoms with Gasteiger partial charge >= 0.3 is 11.8 Å². The lowest BCUT2D eigenvalue weighted by Crippen LogP contribution is -2.21. The van der Waals surface area contributed by atoms with Crippen LogP contribution < -0.4 is 20.7 Å². The first-order valence-corrected chi connectivity index (χ1v) is 13.8. The van der Waals surface area contributed by atoms with Gasteiger partial charge in [-0.05, 0) is 52.0 Å². The van der Waals surface area contributed by atoms with Crippen LogP contribution in [0.5, 0.6) is 11.5 Å². The van der Waals surface area contributed by atoms with Crippen LogP contribution in [0.4, 0.5) is 11.4 Å². The number of carbonyl (C=O) groups is 2. The summed E-state index contributed by atoms with van der Waals surface area (Å²) < 4.78 is 0. The van der Waals surface area contributed by atoms with Crippen molar-refractivity contribution in [1.29, 1.82) is 0 Å². The molecule has 17 nitrogen and oxygen atoms in total. The third kappa shape index (κ3) is 10.1. The summed E-state index contributed by atoms with van der Waals surface area (Å²) in [5.41, 5.74) is 7.48. The van der Waals surface area contributed by atoms with E-state index in [4.69, 9.17) is 0 Å². The number of aromatic amines is 2. The first-order valence-electron chi connectivity index (χ1n) is 13.8. The highest BCUT2D eigenvalue weighted by Gasteiger charge is 2.09. The standard InChI is InChI=1S/2C14H18N6O2.H2O/c2*1-3-20(4-2)11-6-5-10(12(21)7-11)8-16-19-14(22)13-15-9-17-18-13;/h2*5-9,21H,3-4H2,1-2H3,(H,19,22)(H,15,17,18);1H2/b2*16-8+;. The number of nitrogens with one attached hydrogen (secondary N) is 4. The minimum Gasteiger partial charge on any atom is -0.507 e. The summed E-state index contributed by atoms with van der Waals surface area (Å²) in [6.45, 7) is 11.6. The van der Waals surface area contributed by atoms with Gasteiger partial charge in [0.1, 0.15) is 24.2 Å². The molecule has 4 aromatic rings. The molecule has 0 saturated heterocycles. The Hall–Kier alpha value is -5.84. The van der Waals surface area contributed by atoms with Crippen LogP contribution in [0.15, 0.2) is 59.3 Å². The van der Waals surface area contributed by atoms with Crippen LogP contribution in [0.25, 0.3) is 0 Å². The average molecular weight is 623 g/mol. The van der Waals surface area contributed by atoms with Gasteiger partial charge in [0.25, 0.3) is 0 Å². The van der Waals surface area contributed by atoms with Gasteiger partial charge in [-0.25, -0.2) is 20.8 Å². The maximum absolute atomic E-state index is 11.6. The molecule has 0 spiro atoms. The van der Waals surface area contributed by atoms with Crippen molar-refractivity contribution in [3.8, 4) is 11.5 Å². The van der Waals surface area contributed by atoms with Crippen molar-refractivity contribution in [2.45, 2.75) is 27.7 Å². The highest BCUT2D eigenvalue weighted by molar-refractivity contribution is 5.92. The Morgan fingerprint density at radius 2 is 1.11 bits per heavy atom. The average Bonchev–Trinajstić information content (AvgIpc) is 3.76. The number of hydrogen-bond acceptors (Lipinski definition) is 12. The molecule has 0 saturated carbocycles. The number of aromatic nitrogens is 6. The van der Waals surface area contributed by atoms with E-state index in [2.05, 4.69) is 88.9 Å². The zero-order chi connectivity index (χ0) is 31.9. The van der Waals surface area contributed by atoms with Gasteiger partial charge in [0.15, 0.2) is 0 Å². The summed E-state index contributed by atoms with van der Waals surface area (Å²) in [7, 11) is 0. The van der Waals surface area contributed by atoms with Crippen LogP contribution in [0.2, 0.25) is 0 Å². The predicted octanol–water partition coefficient (Wildman–Crippen LogP) is 1.42. The summed E-state index contributed by atoms with van der Waals surface area (Å²) in [6.07, 6.45) is 5.21. The molecule has 2 aromatic carbocycles. The number of phenolic OH excluding ortho intramolecular Hbond substituents is 2. The number of nitrogens with zero attached hydrogens (tertiary/aromatic N) is 8. The lowest BCUT2D eigenvalue weighted by Gasteiger charge is -2.21. The Balaban J connectivity index is 0.000000307. The predicted molar refractivity (Wildman–Crippen MR) is 170 cm³/mol. The summed E-state index contributed by atoms with van der Waals surface area (Å²) in [5.74, 6) is -0.679. The van der Waals surface area contributed by atoms with E-state index < -0.39 is 11.8 Å². The SMILES string of the molecule is CCN(CC)c1ccc(/C=N/NC(=O)c2ncn[nH]2)c(O)c1.CCN(CC)c1ccc(/C=N/NC(=O)c2ncn[nH]2)c(O)c1.O. The second-order valence-corrected chi connectivity index (χ2v) is 8.90. The highest BCUT2D eigenvalue weighted by Crippen LogP contribution is 2.24. The Morgan fingerprint density at radius 1 is 0.733 bits per heavy atom. The molecule has 0 atom stereocenters. The van der Waals surface area contributed by atoms with Crippen molar-refractivity contribution < 1.29 is 25.3 Å². The van der Waals surface area contributed by atoms with E-state index in [0.29, 0.717) is 11.1 Å². The second kappa shape index (κ2) is 18.0. The quantitative estimate of drug-likeness (QED) is 0.0979. The zero-order valence-electron chi connectivity index (χ0n) is 25.4. The van der Waals surface area contributed by atoms with Crippen molar-refractivity contribution in [3.63, 3.8) is 0 Å². The van der Waals surface area contributed by atoms with E-state index in [1.165, 1.54) is 25.1 Å². The van der Waals surface area contributed by atoms with Gasteiger partial charge in [-0.15, -0.1) is 0 Å². The van der Waals surface area contributed by atoms with Gasteiger partial charge in [-0.3, -0.25) is 19.8 Å². The lowest BCUT2D eigenvalue weighted by atomic mass is 10.2. The fourth-order valence-electron chi connectivity index (χ4n) is 3.91. The van der Waals surface area contributed by atoms with E-state index in [-0.39, 0.29) is 28.6 Å². The molecule has 0 aliphatic rings. The van der Waals surface area contributed by atoms with Crippen LogP contribution in [-0.4, -0.2) is 96.5 Å². The number of anilines is 2. The number of benzene rings is 2. The molecular weight excluding hydrogens is 584 g/mol. The third-order valence-corrected chi connectivity index (χ3v) is 6.28. The number of H-pyrrole nitrogens is 2. The van der Waals surface area contributed by atoms with Crippen LogP contribution in [0, 0.1) is 0 Å². The van der Waals surface area contributed by atoms with Crippen molar-refractivity contribution in [3.05, 3.63) is 71.8 Å². The van der Waals surface area contributed by atoms with E-state index in [0.717, 1.165) is 37.6 Å². The lowest BCUT2D eigenvalue weighted by molar-refractivity contribution is 0.0937. The molecule has 2 heterocycles. The molecule has 240 valence electrons. The first-order chi connectivity index (χ1) is 21.3. The van der Waals surface area contributed by atoms with Gasteiger partial charge in [-0.2, -0.15) is 20.4 Å². The maximum atomic E-state index is 11.6. The van der Waals surface area contributed by atoms with Gasteiger partial charge in [0.2, 0.25) is 11.6 Å². The molecule has 0 bridgehead atoms. The minimum atomic E-state index is -0.506.